The number of thioether (sulfide) groups is 2. The van der Waals surface area contributed by atoms with E-state index in [0.29, 0.717) is 16.8 Å². The van der Waals surface area contributed by atoms with Gasteiger partial charge in [0.25, 0.3) is 0 Å². The van der Waals surface area contributed by atoms with Crippen LogP contribution < -0.4 is 5.46 Å². The Bertz CT molecular complexity index is 3100. The Morgan fingerprint density at radius 2 is 1.28 bits per heavy atom. The molecule has 0 unspecified atom stereocenters. The number of hydrogen-bond acceptors (Lipinski definition) is 14. The zero-order chi connectivity index (χ0) is 51.6. The number of H-pyrrole nitrogens is 1. The number of carbonyl (C=O) groups excluding carboxylic acids is 1. The molecular weight excluding hydrogens is 955 g/mol. The highest BCUT2D eigenvalue weighted by molar-refractivity contribution is 7.98. The van der Waals surface area contributed by atoms with E-state index in [2.05, 4.69) is 93.0 Å². The summed E-state index contributed by atoms with van der Waals surface area (Å²) < 4.78 is 23.5. The zero-order valence-electron chi connectivity index (χ0n) is 43.3. The van der Waals surface area contributed by atoms with E-state index in [0.717, 1.165) is 89.9 Å². The van der Waals surface area contributed by atoms with Crippen LogP contribution in [0.15, 0.2) is 84.2 Å². The maximum Gasteiger partial charge on any atom is 0.497 e. The Hall–Kier alpha value is -5.60. The van der Waals surface area contributed by atoms with Crippen molar-refractivity contribution in [3.63, 3.8) is 0 Å². The number of aromatic amines is 1. The third-order valence-electron chi connectivity index (χ3n) is 12.1. The van der Waals surface area contributed by atoms with Gasteiger partial charge in [-0.05, 0) is 126 Å². The molecule has 20 heteroatoms. The first kappa shape index (κ1) is 53.2. The van der Waals surface area contributed by atoms with Gasteiger partial charge in [-0.2, -0.15) is 10.2 Å². The van der Waals surface area contributed by atoms with Crippen LogP contribution in [-0.2, 0) is 26.9 Å². The molecule has 0 spiro atoms. The lowest BCUT2D eigenvalue weighted by atomic mass is 9.79. The van der Waals surface area contributed by atoms with Gasteiger partial charge in [0.2, 0.25) is 0 Å². The van der Waals surface area contributed by atoms with Crippen molar-refractivity contribution >= 4 is 75.9 Å². The van der Waals surface area contributed by atoms with Gasteiger partial charge >= 0.3 is 13.2 Å². The molecule has 0 aliphatic carbocycles. The molecule has 0 saturated carbocycles. The fourth-order valence-corrected chi connectivity index (χ4v) is 8.46. The first-order valence-electron chi connectivity index (χ1n) is 23.7. The summed E-state index contributed by atoms with van der Waals surface area (Å²) in [4.78, 5) is 43.0. The lowest BCUT2D eigenvalue weighted by molar-refractivity contribution is 0.00578. The predicted octanol–water partition coefficient (Wildman–Crippen LogP) is 11.7. The fraction of sp³-hybridized carbons (Fsp3) is 0.431. The number of nitrogens with one attached hydrogen (secondary N) is 1. The van der Waals surface area contributed by atoms with E-state index < -0.39 is 30.0 Å². The molecule has 8 aromatic rings. The van der Waals surface area contributed by atoms with E-state index >= 15 is 0 Å². The van der Waals surface area contributed by atoms with E-state index in [9.17, 15) is 4.79 Å². The number of halogens is 1. The minimum absolute atomic E-state index is 0.254. The van der Waals surface area contributed by atoms with E-state index in [4.69, 9.17) is 30.6 Å². The number of fused-ring (bicyclic) bond motifs is 2. The molecule has 0 bridgehead atoms. The van der Waals surface area contributed by atoms with Crippen LogP contribution in [0.4, 0.5) is 4.79 Å². The SMILES string of the molecule is CC(C)n1cc(-c2cnc3c(c2)c(B2OC(C)(C)C(C)(C)O2)cn3C(=O)OC(C)(C)C)cn1.CCc1cc(-c2c[nH]c3ncc(-c4cnn(C(C)C)c4)cc23)nc(SC)n1.CCc1cc(Cl)nc(SC)n1. The van der Waals surface area contributed by atoms with Gasteiger partial charge in [0, 0.05) is 105 Å². The van der Waals surface area contributed by atoms with E-state index in [1.54, 1.807) is 30.2 Å². The van der Waals surface area contributed by atoms with Gasteiger partial charge in [0.05, 0.1) is 29.3 Å². The summed E-state index contributed by atoms with van der Waals surface area (Å²) in [5.74, 6) is 0. The Kier molecular flexibility index (Phi) is 16.2. The van der Waals surface area contributed by atoms with Crippen LogP contribution in [0.25, 0.3) is 55.6 Å². The second-order valence-corrected chi connectivity index (χ2v) is 21.6. The van der Waals surface area contributed by atoms with Crippen molar-refractivity contribution in [1.29, 1.82) is 0 Å². The monoisotopic (exact) mass is 1020 g/mol. The maximum atomic E-state index is 13.0. The van der Waals surface area contributed by atoms with E-state index in [1.165, 1.54) is 16.3 Å². The molecule has 9 rings (SSSR count). The fourth-order valence-electron chi connectivity index (χ4n) is 7.41. The Labute approximate surface area is 430 Å². The summed E-state index contributed by atoms with van der Waals surface area (Å²) in [6.07, 6.45) is 20.3. The zero-order valence-corrected chi connectivity index (χ0v) is 45.7. The summed E-state index contributed by atoms with van der Waals surface area (Å²) >= 11 is 8.81. The molecule has 0 atom stereocenters. The number of aromatic nitrogens is 12. The van der Waals surface area contributed by atoms with E-state index in [-0.39, 0.29) is 6.04 Å². The summed E-state index contributed by atoms with van der Waals surface area (Å²) in [6, 6.07) is 8.60. The highest BCUT2D eigenvalue weighted by atomic mass is 35.5. The molecule has 1 N–H and O–H groups in total. The molecule has 1 aliphatic rings. The number of aryl methyl sites for hydroxylation is 2. The van der Waals surface area contributed by atoms with Gasteiger partial charge < -0.3 is 19.0 Å². The minimum Gasteiger partial charge on any atom is -0.443 e. The lowest BCUT2D eigenvalue weighted by Crippen LogP contribution is -2.41. The van der Waals surface area contributed by atoms with Gasteiger partial charge in [0.1, 0.15) is 22.0 Å². The van der Waals surface area contributed by atoms with Crippen molar-refractivity contribution < 1.29 is 18.8 Å². The summed E-state index contributed by atoms with van der Waals surface area (Å²) in [5, 5.41) is 12.8. The molecule has 1 aliphatic heterocycles. The Morgan fingerprint density at radius 1 is 0.746 bits per heavy atom. The number of nitrogens with zero attached hydrogens (tertiary/aromatic N) is 11. The van der Waals surface area contributed by atoms with E-state index in [1.807, 2.05) is 114 Å². The minimum atomic E-state index is -0.642. The Morgan fingerprint density at radius 3 is 1.80 bits per heavy atom. The average Bonchev–Trinajstić information content (AvgIpc) is 4.18. The van der Waals surface area contributed by atoms with Gasteiger partial charge in [-0.25, -0.2) is 39.3 Å². The van der Waals surface area contributed by atoms with Gasteiger partial charge in [0.15, 0.2) is 10.3 Å². The first-order chi connectivity index (χ1) is 33.5. The standard InChI is InChI=1S/C24H33BN4O4.C20H22N6S.C7H9ClN2S/c1-15(2)29-13-17(12-27-29)16-10-18-19(25-32-23(6,7)24(8,9)33-25)14-28(20(18)26-11-16)21(30)31-22(3,4)5;1-5-15-7-18(25-20(24-15)27-4)17-10-22-19-16(17)6-13(8-21-19)14-9-23-26(11-14)12(2)3;1-3-5-4-6(8)10-7(9-5)11-2/h10-15H,1-9H3;6-12H,5H2,1-4H3,(H,21,22);4H,3H2,1-2H3. The predicted molar refractivity (Wildman–Crippen MR) is 287 cm³/mol. The normalized spacial score (nSPS) is 14.3. The molecule has 0 aromatic carbocycles. The van der Waals surface area contributed by atoms with Crippen LogP contribution in [0, 0.1) is 0 Å². The topological polar surface area (TPSA) is 178 Å². The lowest BCUT2D eigenvalue weighted by Gasteiger charge is -2.32. The second-order valence-electron chi connectivity index (χ2n) is 19.7. The number of ether oxygens (including phenoxy) is 1. The number of rotatable bonds is 10. The molecule has 374 valence electrons. The van der Waals surface area contributed by atoms with Crippen molar-refractivity contribution in [1.82, 2.24) is 59.0 Å². The van der Waals surface area contributed by atoms with Gasteiger partial charge in [-0.15, -0.1) is 0 Å². The van der Waals surface area contributed by atoms with Gasteiger partial charge in [-0.3, -0.25) is 9.36 Å². The van der Waals surface area contributed by atoms with Crippen LogP contribution in [0.2, 0.25) is 5.15 Å². The van der Waals surface area contributed by atoms with Crippen LogP contribution in [0.5, 0.6) is 0 Å². The quantitative estimate of drug-likeness (QED) is 0.0592. The highest BCUT2D eigenvalue weighted by Crippen LogP contribution is 2.38. The third-order valence-corrected chi connectivity index (χ3v) is 13.4. The number of pyridine rings is 2. The molecule has 1 saturated heterocycles. The molecule has 0 radical (unpaired) electrons. The van der Waals surface area contributed by atoms with Crippen molar-refractivity contribution in [2.45, 2.75) is 142 Å². The second kappa shape index (κ2) is 21.6. The van der Waals surface area contributed by atoms with Gasteiger partial charge in [-0.1, -0.05) is 49.0 Å². The average molecular weight is 1020 g/mol. The van der Waals surface area contributed by atoms with Crippen molar-refractivity contribution in [2.75, 3.05) is 12.5 Å². The van der Waals surface area contributed by atoms with Crippen molar-refractivity contribution in [3.8, 4) is 33.5 Å². The van der Waals surface area contributed by atoms with Crippen LogP contribution in [-0.4, -0.2) is 102 Å². The van der Waals surface area contributed by atoms with Crippen molar-refractivity contribution in [3.05, 3.63) is 90.4 Å². The highest BCUT2D eigenvalue weighted by Gasteiger charge is 2.52. The molecule has 8 aromatic heterocycles. The summed E-state index contributed by atoms with van der Waals surface area (Å²) in [6.45, 7) is 26.1. The Balaban J connectivity index is 0.000000174. The third kappa shape index (κ3) is 12.2. The summed E-state index contributed by atoms with van der Waals surface area (Å²) in [7, 11) is -0.642. The summed E-state index contributed by atoms with van der Waals surface area (Å²) in [5.41, 5.74) is 8.38. The maximum absolute atomic E-state index is 13.0. The molecule has 71 heavy (non-hydrogen) atoms. The molecular formula is C51H64BClN12O4S2. The molecule has 16 nitrogen and oxygen atoms in total. The first-order valence-corrected chi connectivity index (χ1v) is 26.5. The number of carbonyl (C=O) groups is 1. The molecule has 1 fully saturated rings. The van der Waals surface area contributed by atoms with Crippen LogP contribution >= 0.6 is 35.1 Å². The molecule has 0 amide bonds. The largest absolute Gasteiger partial charge is 0.497 e. The number of hydrogen-bond donors (Lipinski definition) is 1. The van der Waals surface area contributed by atoms with Crippen molar-refractivity contribution in [2.24, 2.45) is 0 Å². The molecule has 9 heterocycles. The van der Waals surface area contributed by atoms with Crippen LogP contribution in [0.3, 0.4) is 0 Å². The van der Waals surface area contributed by atoms with Crippen LogP contribution in [0.1, 0.15) is 113 Å². The smallest absolute Gasteiger partial charge is 0.443 e.